The zero-order chi connectivity index (χ0) is 16.2. The molecule has 0 spiro atoms. The van der Waals surface area contributed by atoms with Crippen LogP contribution in [0.3, 0.4) is 0 Å². The summed E-state index contributed by atoms with van der Waals surface area (Å²) in [5.41, 5.74) is 9.26. The smallest absolute Gasteiger partial charge is 0.326 e. The van der Waals surface area contributed by atoms with Gasteiger partial charge in [-0.25, -0.2) is 0 Å². The van der Waals surface area contributed by atoms with E-state index in [9.17, 15) is 25.2 Å². The Morgan fingerprint density at radius 1 is 1.14 bits per heavy atom. The van der Waals surface area contributed by atoms with E-state index in [0.717, 1.165) is 0 Å². The van der Waals surface area contributed by atoms with E-state index in [-0.39, 0.29) is 6.42 Å². The zero-order valence-electron chi connectivity index (χ0n) is 11.6. The maximum atomic E-state index is 11.5. The van der Waals surface area contributed by atoms with Gasteiger partial charge in [0.25, 0.3) is 0 Å². The lowest BCUT2D eigenvalue weighted by Gasteiger charge is -2.45. The van der Waals surface area contributed by atoms with Gasteiger partial charge in [-0.05, 0) is 25.8 Å². The molecule has 1 aliphatic rings. The number of aliphatic hydroxyl groups excluding tert-OH is 4. The molecule has 9 heteroatoms. The third-order valence-electron chi connectivity index (χ3n) is 3.84. The number of carboxylic acids is 1. The van der Waals surface area contributed by atoms with Gasteiger partial charge in [0, 0.05) is 0 Å². The van der Waals surface area contributed by atoms with Crippen LogP contribution >= 0.6 is 0 Å². The number of aliphatic carboxylic acids is 1. The van der Waals surface area contributed by atoms with Gasteiger partial charge in [-0.2, -0.15) is 0 Å². The van der Waals surface area contributed by atoms with E-state index in [1.54, 1.807) is 0 Å². The molecule has 0 aromatic heterocycles. The molecule has 0 aromatic rings. The second-order valence-electron chi connectivity index (χ2n) is 5.34. The van der Waals surface area contributed by atoms with Crippen molar-refractivity contribution in [1.82, 2.24) is 0 Å². The van der Waals surface area contributed by atoms with Crippen molar-refractivity contribution in [3.63, 3.8) is 0 Å². The van der Waals surface area contributed by atoms with Gasteiger partial charge in [0.15, 0.2) is 0 Å². The first-order valence-electron chi connectivity index (χ1n) is 6.82. The van der Waals surface area contributed by atoms with Crippen molar-refractivity contribution < 1.29 is 35.1 Å². The zero-order valence-corrected chi connectivity index (χ0v) is 11.6. The van der Waals surface area contributed by atoms with Gasteiger partial charge in [-0.15, -0.1) is 0 Å². The van der Waals surface area contributed by atoms with Crippen LogP contribution in [0.25, 0.3) is 0 Å². The van der Waals surface area contributed by atoms with Gasteiger partial charge < -0.3 is 41.7 Å². The first-order chi connectivity index (χ1) is 9.79. The quantitative estimate of drug-likeness (QED) is 0.238. The van der Waals surface area contributed by atoms with Crippen molar-refractivity contribution in [2.24, 2.45) is 11.5 Å². The third kappa shape index (κ3) is 3.69. The molecule has 21 heavy (non-hydrogen) atoms. The predicted octanol–water partition coefficient (Wildman–Crippen LogP) is -3.26. The highest BCUT2D eigenvalue weighted by atomic mass is 16.5. The summed E-state index contributed by atoms with van der Waals surface area (Å²) in [4.78, 5) is 11.5. The Balaban J connectivity index is 2.97. The fraction of sp³-hybridized carbons (Fsp3) is 0.917. The molecule has 1 saturated heterocycles. The number of carbonyl (C=O) groups is 1. The second-order valence-corrected chi connectivity index (χ2v) is 5.34. The summed E-state index contributed by atoms with van der Waals surface area (Å²) < 4.78 is 5.24. The number of hydrogen-bond acceptors (Lipinski definition) is 8. The number of hydrogen-bond donors (Lipinski definition) is 7. The van der Waals surface area contributed by atoms with Gasteiger partial charge >= 0.3 is 5.97 Å². The lowest BCUT2D eigenvalue weighted by Crippen LogP contribution is -2.70. The minimum atomic E-state index is -1.96. The molecule has 0 aromatic carbocycles. The van der Waals surface area contributed by atoms with E-state index in [4.69, 9.17) is 21.3 Å². The molecular weight excluding hydrogens is 284 g/mol. The van der Waals surface area contributed by atoms with Crippen LogP contribution in [0.1, 0.15) is 19.3 Å². The largest absolute Gasteiger partial charge is 0.480 e. The number of carboxylic acid groups (broad SMARTS) is 1. The maximum absolute atomic E-state index is 11.5. The predicted molar refractivity (Wildman–Crippen MR) is 71.2 cm³/mol. The molecule has 0 aliphatic carbocycles. The Bertz CT molecular complexity index is 354. The lowest BCUT2D eigenvalue weighted by molar-refractivity contribution is -0.245. The highest BCUT2D eigenvalue weighted by molar-refractivity contribution is 5.79. The molecule has 0 amide bonds. The molecule has 3 unspecified atom stereocenters. The molecular formula is C12H24N2O7. The standard InChI is InChI=1S/C12H24N2O7/c13-4-2-1-3-12(14,11(19)20)10-9(18)8(17)7(16)6(5-15)21-10/h6-10,15-18H,1-5,13-14H2,(H,19,20)/t6?,7-,8+,9+,10?,12?/m1/s1. The van der Waals surface area contributed by atoms with Gasteiger partial charge in [0.05, 0.1) is 6.61 Å². The fourth-order valence-corrected chi connectivity index (χ4v) is 2.46. The van der Waals surface area contributed by atoms with Crippen molar-refractivity contribution >= 4 is 5.97 Å². The molecule has 0 radical (unpaired) electrons. The van der Waals surface area contributed by atoms with Crippen LogP contribution in [0.15, 0.2) is 0 Å². The average molecular weight is 308 g/mol. The molecule has 9 nitrogen and oxygen atoms in total. The summed E-state index contributed by atoms with van der Waals surface area (Å²) in [6.45, 7) is -0.273. The molecule has 124 valence electrons. The summed E-state index contributed by atoms with van der Waals surface area (Å²) >= 11 is 0. The Kier molecular flexibility index (Phi) is 6.47. The minimum Gasteiger partial charge on any atom is -0.480 e. The van der Waals surface area contributed by atoms with Crippen molar-refractivity contribution in [1.29, 1.82) is 0 Å². The van der Waals surface area contributed by atoms with E-state index in [2.05, 4.69) is 0 Å². The van der Waals surface area contributed by atoms with Crippen molar-refractivity contribution in [3.05, 3.63) is 0 Å². The van der Waals surface area contributed by atoms with Crippen LogP contribution in [-0.4, -0.2) is 80.7 Å². The summed E-state index contributed by atoms with van der Waals surface area (Å²) in [6.07, 6.45) is -6.61. The number of unbranched alkanes of at least 4 members (excludes halogenated alkanes) is 1. The number of ether oxygens (including phenoxy) is 1. The molecule has 1 heterocycles. The topological polar surface area (TPSA) is 179 Å². The fourth-order valence-electron chi connectivity index (χ4n) is 2.46. The van der Waals surface area contributed by atoms with E-state index >= 15 is 0 Å². The van der Waals surface area contributed by atoms with Crippen LogP contribution in [0, 0.1) is 0 Å². The molecule has 1 fully saturated rings. The summed E-state index contributed by atoms with van der Waals surface area (Å²) in [6, 6.07) is 0. The Hall–Kier alpha value is -0.810. The summed E-state index contributed by atoms with van der Waals surface area (Å²) in [7, 11) is 0. The van der Waals surface area contributed by atoms with Crippen LogP contribution in [0.5, 0.6) is 0 Å². The Morgan fingerprint density at radius 2 is 1.76 bits per heavy atom. The minimum absolute atomic E-state index is 0.0256. The first-order valence-corrected chi connectivity index (χ1v) is 6.82. The monoisotopic (exact) mass is 308 g/mol. The summed E-state index contributed by atoms with van der Waals surface area (Å²) in [5, 5.41) is 47.9. The molecule has 1 aliphatic heterocycles. The van der Waals surface area contributed by atoms with Crippen LogP contribution in [0.4, 0.5) is 0 Å². The number of aliphatic hydroxyl groups is 4. The molecule has 9 N–H and O–H groups in total. The Morgan fingerprint density at radius 3 is 2.24 bits per heavy atom. The van der Waals surface area contributed by atoms with Crippen molar-refractivity contribution in [3.8, 4) is 0 Å². The van der Waals surface area contributed by atoms with Gasteiger partial charge in [-0.3, -0.25) is 4.79 Å². The average Bonchev–Trinajstić information content (AvgIpc) is 2.45. The van der Waals surface area contributed by atoms with Crippen LogP contribution in [-0.2, 0) is 9.53 Å². The highest BCUT2D eigenvalue weighted by Crippen LogP contribution is 2.30. The van der Waals surface area contributed by atoms with E-state index in [1.165, 1.54) is 0 Å². The van der Waals surface area contributed by atoms with Gasteiger partial charge in [0.2, 0.25) is 0 Å². The SMILES string of the molecule is NCCCCC(N)(C(=O)O)C1OC(CO)[C@@H](O)[C@H](O)[C@@H]1O. The third-order valence-corrected chi connectivity index (χ3v) is 3.84. The van der Waals surface area contributed by atoms with Crippen molar-refractivity contribution in [2.45, 2.75) is 55.3 Å². The molecule has 6 atom stereocenters. The van der Waals surface area contributed by atoms with E-state index in [1.807, 2.05) is 0 Å². The van der Waals surface area contributed by atoms with Gasteiger partial charge in [-0.1, -0.05) is 0 Å². The first kappa shape index (κ1) is 18.2. The number of rotatable bonds is 7. The van der Waals surface area contributed by atoms with Crippen molar-refractivity contribution in [2.75, 3.05) is 13.2 Å². The van der Waals surface area contributed by atoms with Crippen LogP contribution < -0.4 is 11.5 Å². The Labute approximate surface area is 122 Å². The van der Waals surface area contributed by atoms with E-state index in [0.29, 0.717) is 19.4 Å². The van der Waals surface area contributed by atoms with E-state index < -0.39 is 48.6 Å². The van der Waals surface area contributed by atoms with Crippen LogP contribution in [0.2, 0.25) is 0 Å². The highest BCUT2D eigenvalue weighted by Gasteiger charge is 2.54. The molecule has 0 saturated carbocycles. The molecule has 0 bridgehead atoms. The summed E-state index contributed by atoms with van der Waals surface area (Å²) in [5.74, 6) is -1.40. The van der Waals surface area contributed by atoms with Gasteiger partial charge in [0.1, 0.15) is 36.1 Å². The lowest BCUT2D eigenvalue weighted by atomic mass is 9.80. The number of nitrogens with two attached hydrogens (primary N) is 2. The normalized spacial score (nSPS) is 36.2. The molecule has 1 rings (SSSR count). The second kappa shape index (κ2) is 7.45. The maximum Gasteiger partial charge on any atom is 0.326 e.